The molecule has 0 bridgehead atoms. The normalized spacial score (nSPS) is 9.63. The summed E-state index contributed by atoms with van der Waals surface area (Å²) >= 11 is 0. The van der Waals surface area contributed by atoms with Gasteiger partial charge in [0.2, 0.25) is 0 Å². The highest BCUT2D eigenvalue weighted by Crippen LogP contribution is 2.04. The third kappa shape index (κ3) is 3.65. The number of aromatic nitrogens is 1. The zero-order valence-electron chi connectivity index (χ0n) is 10.3. The average molecular weight is 251 g/mol. The summed E-state index contributed by atoms with van der Waals surface area (Å²) < 4.78 is 0. The van der Waals surface area contributed by atoms with Crippen molar-refractivity contribution in [1.29, 1.82) is 5.26 Å². The average Bonchev–Trinajstić information content (AvgIpc) is 2.48. The summed E-state index contributed by atoms with van der Waals surface area (Å²) in [7, 11) is 0. The molecule has 1 amide bonds. The van der Waals surface area contributed by atoms with Crippen LogP contribution in [-0.4, -0.2) is 17.4 Å². The van der Waals surface area contributed by atoms with Crippen molar-refractivity contribution < 1.29 is 4.79 Å². The number of amides is 1. The first-order valence-electron chi connectivity index (χ1n) is 5.97. The molecule has 2 aromatic rings. The van der Waals surface area contributed by atoms with Gasteiger partial charge in [-0.2, -0.15) is 5.26 Å². The van der Waals surface area contributed by atoms with E-state index in [9.17, 15) is 4.79 Å². The molecule has 0 unspecified atom stereocenters. The van der Waals surface area contributed by atoms with Crippen LogP contribution in [0.25, 0.3) is 0 Å². The standard InChI is InChI=1S/C15H13N3O/c16-11-13-2-1-3-14(10-13)15(19)18-9-6-12-4-7-17-8-5-12/h1-5,7-8,10H,6,9H2,(H,18,19). The SMILES string of the molecule is N#Cc1cccc(C(=O)NCCc2ccncc2)c1. The zero-order valence-corrected chi connectivity index (χ0v) is 10.3. The summed E-state index contributed by atoms with van der Waals surface area (Å²) in [5.74, 6) is -0.161. The van der Waals surface area contributed by atoms with Crippen molar-refractivity contribution >= 4 is 5.91 Å². The number of nitrogens with zero attached hydrogens (tertiary/aromatic N) is 2. The van der Waals surface area contributed by atoms with E-state index in [4.69, 9.17) is 5.26 Å². The Bertz CT molecular complexity index is 602. The largest absolute Gasteiger partial charge is 0.352 e. The Hall–Kier alpha value is -2.67. The van der Waals surface area contributed by atoms with E-state index < -0.39 is 0 Å². The van der Waals surface area contributed by atoms with Crippen molar-refractivity contribution in [3.63, 3.8) is 0 Å². The lowest BCUT2D eigenvalue weighted by Crippen LogP contribution is -2.25. The molecule has 19 heavy (non-hydrogen) atoms. The summed E-state index contributed by atoms with van der Waals surface area (Å²) in [6.07, 6.45) is 4.22. The number of nitriles is 1. The zero-order chi connectivity index (χ0) is 13.5. The molecular weight excluding hydrogens is 238 g/mol. The minimum absolute atomic E-state index is 0.161. The third-order valence-corrected chi connectivity index (χ3v) is 2.70. The first-order valence-corrected chi connectivity index (χ1v) is 5.97. The summed E-state index contributed by atoms with van der Waals surface area (Å²) in [5, 5.41) is 11.6. The second-order valence-corrected chi connectivity index (χ2v) is 4.05. The lowest BCUT2D eigenvalue weighted by Gasteiger charge is -2.05. The molecule has 0 atom stereocenters. The molecule has 0 aliphatic rings. The molecule has 1 aromatic heterocycles. The predicted molar refractivity (Wildman–Crippen MR) is 71.4 cm³/mol. The Morgan fingerprint density at radius 3 is 2.79 bits per heavy atom. The van der Waals surface area contributed by atoms with E-state index in [0.29, 0.717) is 17.7 Å². The molecule has 0 radical (unpaired) electrons. The molecule has 0 fully saturated rings. The Morgan fingerprint density at radius 2 is 2.05 bits per heavy atom. The van der Waals surface area contributed by atoms with Crippen LogP contribution < -0.4 is 5.32 Å². The first kappa shape index (κ1) is 12.8. The van der Waals surface area contributed by atoms with Crippen molar-refractivity contribution in [2.24, 2.45) is 0 Å². The summed E-state index contributed by atoms with van der Waals surface area (Å²) in [5.41, 5.74) is 2.12. The van der Waals surface area contributed by atoms with Crippen LogP contribution in [-0.2, 0) is 6.42 Å². The number of hydrogen-bond acceptors (Lipinski definition) is 3. The van der Waals surface area contributed by atoms with E-state index in [1.54, 1.807) is 36.7 Å². The predicted octanol–water partition coefficient (Wildman–Crippen LogP) is 1.93. The van der Waals surface area contributed by atoms with Crippen LogP contribution in [0.2, 0.25) is 0 Å². The molecule has 0 saturated carbocycles. The van der Waals surface area contributed by atoms with Gasteiger partial charge in [-0.15, -0.1) is 0 Å². The van der Waals surface area contributed by atoms with Crippen molar-refractivity contribution in [2.75, 3.05) is 6.54 Å². The molecule has 94 valence electrons. The van der Waals surface area contributed by atoms with Crippen LogP contribution >= 0.6 is 0 Å². The van der Waals surface area contributed by atoms with Gasteiger partial charge in [-0.1, -0.05) is 6.07 Å². The van der Waals surface area contributed by atoms with Gasteiger partial charge in [0.25, 0.3) is 5.91 Å². The van der Waals surface area contributed by atoms with Gasteiger partial charge in [0.05, 0.1) is 11.6 Å². The van der Waals surface area contributed by atoms with E-state index in [0.717, 1.165) is 12.0 Å². The van der Waals surface area contributed by atoms with Gasteiger partial charge in [0.1, 0.15) is 0 Å². The van der Waals surface area contributed by atoms with Crippen LogP contribution in [0, 0.1) is 11.3 Å². The van der Waals surface area contributed by atoms with Crippen LogP contribution in [0.15, 0.2) is 48.8 Å². The number of rotatable bonds is 4. The molecule has 4 nitrogen and oxygen atoms in total. The minimum atomic E-state index is -0.161. The number of pyridine rings is 1. The molecule has 2 rings (SSSR count). The number of benzene rings is 1. The smallest absolute Gasteiger partial charge is 0.251 e. The highest BCUT2D eigenvalue weighted by molar-refractivity contribution is 5.94. The number of carbonyl (C=O) groups is 1. The third-order valence-electron chi connectivity index (χ3n) is 2.70. The summed E-state index contributed by atoms with van der Waals surface area (Å²) in [6.45, 7) is 0.555. The van der Waals surface area contributed by atoms with Crippen molar-refractivity contribution in [3.05, 3.63) is 65.5 Å². The molecule has 1 N–H and O–H groups in total. The highest BCUT2D eigenvalue weighted by atomic mass is 16.1. The number of carbonyl (C=O) groups excluding carboxylic acids is 1. The Kier molecular flexibility index (Phi) is 4.25. The van der Waals surface area contributed by atoms with Gasteiger partial charge < -0.3 is 5.32 Å². The number of nitrogens with one attached hydrogen (secondary N) is 1. The van der Waals surface area contributed by atoms with Gasteiger partial charge in [-0.25, -0.2) is 0 Å². The molecule has 0 aliphatic carbocycles. The lowest BCUT2D eigenvalue weighted by molar-refractivity contribution is 0.0954. The lowest BCUT2D eigenvalue weighted by atomic mass is 10.1. The van der Waals surface area contributed by atoms with E-state index in [2.05, 4.69) is 10.3 Å². The molecule has 4 heteroatoms. The molecular formula is C15H13N3O. The van der Waals surface area contributed by atoms with Crippen LogP contribution in [0.1, 0.15) is 21.5 Å². The van der Waals surface area contributed by atoms with Gasteiger partial charge in [-0.3, -0.25) is 9.78 Å². The quantitative estimate of drug-likeness (QED) is 0.902. The van der Waals surface area contributed by atoms with Gasteiger partial charge in [-0.05, 0) is 42.3 Å². The van der Waals surface area contributed by atoms with Crippen molar-refractivity contribution in [1.82, 2.24) is 10.3 Å². The molecule has 1 aromatic carbocycles. The molecule has 0 aliphatic heterocycles. The minimum Gasteiger partial charge on any atom is -0.352 e. The maximum absolute atomic E-state index is 11.9. The van der Waals surface area contributed by atoms with Gasteiger partial charge in [0, 0.05) is 24.5 Å². The number of hydrogen-bond donors (Lipinski definition) is 1. The maximum Gasteiger partial charge on any atom is 0.251 e. The van der Waals surface area contributed by atoms with Crippen molar-refractivity contribution in [3.8, 4) is 6.07 Å². The molecule has 0 spiro atoms. The molecule has 1 heterocycles. The van der Waals surface area contributed by atoms with E-state index in [1.807, 2.05) is 18.2 Å². The Balaban J connectivity index is 1.89. The monoisotopic (exact) mass is 251 g/mol. The van der Waals surface area contributed by atoms with Crippen molar-refractivity contribution in [2.45, 2.75) is 6.42 Å². The topological polar surface area (TPSA) is 65.8 Å². The van der Waals surface area contributed by atoms with Crippen LogP contribution in [0.5, 0.6) is 0 Å². The fourth-order valence-electron chi connectivity index (χ4n) is 1.70. The first-order chi connectivity index (χ1) is 9.29. The van der Waals surface area contributed by atoms with E-state index >= 15 is 0 Å². The fourth-order valence-corrected chi connectivity index (χ4v) is 1.70. The Morgan fingerprint density at radius 1 is 1.26 bits per heavy atom. The summed E-state index contributed by atoms with van der Waals surface area (Å²) in [6, 6.07) is 12.5. The Labute approximate surface area is 111 Å². The molecule has 0 saturated heterocycles. The van der Waals surface area contributed by atoms with Crippen LogP contribution in [0.3, 0.4) is 0 Å². The maximum atomic E-state index is 11.9. The van der Waals surface area contributed by atoms with Gasteiger partial charge in [0.15, 0.2) is 0 Å². The summed E-state index contributed by atoms with van der Waals surface area (Å²) in [4.78, 5) is 15.8. The van der Waals surface area contributed by atoms with E-state index in [1.165, 1.54) is 0 Å². The second kappa shape index (κ2) is 6.31. The van der Waals surface area contributed by atoms with Crippen LogP contribution in [0.4, 0.5) is 0 Å². The van der Waals surface area contributed by atoms with Gasteiger partial charge >= 0.3 is 0 Å². The fraction of sp³-hybridized carbons (Fsp3) is 0.133. The van der Waals surface area contributed by atoms with E-state index in [-0.39, 0.29) is 5.91 Å². The second-order valence-electron chi connectivity index (χ2n) is 4.05. The highest BCUT2D eigenvalue weighted by Gasteiger charge is 2.05.